The first-order chi connectivity index (χ1) is 13.6. The summed E-state index contributed by atoms with van der Waals surface area (Å²) in [5, 5.41) is 3.18. The topological polar surface area (TPSA) is 65.1 Å². The second-order valence-electron chi connectivity index (χ2n) is 8.21. The van der Waals surface area contributed by atoms with Crippen molar-refractivity contribution in [2.45, 2.75) is 24.5 Å². The van der Waals surface area contributed by atoms with Gasteiger partial charge in [0.25, 0.3) is 0 Å². The van der Waals surface area contributed by atoms with E-state index in [4.69, 9.17) is 4.74 Å². The molecule has 3 fully saturated rings. The molecule has 4 rings (SSSR count). The summed E-state index contributed by atoms with van der Waals surface area (Å²) in [5.41, 5.74) is 0.509. The molecule has 7 heteroatoms. The van der Waals surface area contributed by atoms with Crippen molar-refractivity contribution in [3.05, 3.63) is 35.9 Å². The maximum Gasteiger partial charge on any atom is 0.246 e. The first-order valence-electron chi connectivity index (χ1n) is 10.2. The van der Waals surface area contributed by atoms with Crippen molar-refractivity contribution in [1.82, 2.24) is 20.0 Å². The van der Waals surface area contributed by atoms with Crippen LogP contribution in [0.3, 0.4) is 0 Å². The van der Waals surface area contributed by atoms with E-state index in [0.29, 0.717) is 26.1 Å². The summed E-state index contributed by atoms with van der Waals surface area (Å²) in [6.07, 6.45) is 1.54. The lowest BCUT2D eigenvalue weighted by Crippen LogP contribution is -2.67. The second kappa shape index (κ2) is 8.19. The number of fused-ring (bicyclic) bond motifs is 1. The SMILES string of the molecule is CN1CCCN(CC(=O)N2CC[C@@]3(c4ccccc4)NC(=O)CO[C@@H]3C2)CC1. The molecule has 3 saturated heterocycles. The Hall–Kier alpha value is -1.96. The fourth-order valence-electron chi connectivity index (χ4n) is 4.63. The van der Waals surface area contributed by atoms with Crippen LogP contribution < -0.4 is 5.32 Å². The van der Waals surface area contributed by atoms with Gasteiger partial charge in [-0.3, -0.25) is 14.5 Å². The van der Waals surface area contributed by atoms with E-state index in [1.165, 1.54) is 0 Å². The molecule has 1 N–H and O–H groups in total. The van der Waals surface area contributed by atoms with Crippen molar-refractivity contribution in [3.63, 3.8) is 0 Å². The highest BCUT2D eigenvalue weighted by atomic mass is 16.5. The molecule has 0 spiro atoms. The molecule has 0 aromatic heterocycles. The van der Waals surface area contributed by atoms with Crippen LogP contribution >= 0.6 is 0 Å². The summed E-state index contributed by atoms with van der Waals surface area (Å²) < 4.78 is 5.93. The van der Waals surface area contributed by atoms with Gasteiger partial charge in [0.15, 0.2) is 0 Å². The Bertz CT molecular complexity index is 713. The zero-order chi connectivity index (χ0) is 19.6. The molecule has 0 aliphatic carbocycles. The average molecular weight is 386 g/mol. The van der Waals surface area contributed by atoms with Crippen LogP contribution in [0.1, 0.15) is 18.4 Å². The third kappa shape index (κ3) is 3.92. The minimum Gasteiger partial charge on any atom is -0.364 e. The number of carbonyl (C=O) groups excluding carboxylic acids is 2. The number of amides is 2. The molecular formula is C21H30N4O3. The summed E-state index contributed by atoms with van der Waals surface area (Å²) in [7, 11) is 2.13. The van der Waals surface area contributed by atoms with Gasteiger partial charge >= 0.3 is 0 Å². The minimum absolute atomic E-state index is 0.0553. The lowest BCUT2D eigenvalue weighted by molar-refractivity contribution is -0.158. The van der Waals surface area contributed by atoms with E-state index < -0.39 is 5.54 Å². The number of likely N-dealkylation sites (tertiary alicyclic amines) is 1. The van der Waals surface area contributed by atoms with Gasteiger partial charge in [-0.1, -0.05) is 30.3 Å². The number of ether oxygens (including phenoxy) is 1. The number of hydrogen-bond acceptors (Lipinski definition) is 5. The lowest BCUT2D eigenvalue weighted by Gasteiger charge is -2.50. The Kier molecular flexibility index (Phi) is 5.66. The number of hydrogen-bond donors (Lipinski definition) is 1. The van der Waals surface area contributed by atoms with Crippen molar-refractivity contribution < 1.29 is 14.3 Å². The van der Waals surface area contributed by atoms with E-state index in [9.17, 15) is 9.59 Å². The van der Waals surface area contributed by atoms with Gasteiger partial charge in [-0.15, -0.1) is 0 Å². The third-order valence-corrected chi connectivity index (χ3v) is 6.30. The first-order valence-corrected chi connectivity index (χ1v) is 10.2. The number of piperidine rings is 1. The Labute approximate surface area is 166 Å². The fourth-order valence-corrected chi connectivity index (χ4v) is 4.63. The number of nitrogens with one attached hydrogen (secondary N) is 1. The van der Waals surface area contributed by atoms with E-state index in [1.807, 2.05) is 35.2 Å². The number of rotatable bonds is 3. The van der Waals surface area contributed by atoms with Crippen molar-refractivity contribution in [1.29, 1.82) is 0 Å². The van der Waals surface area contributed by atoms with Gasteiger partial charge in [-0.2, -0.15) is 0 Å². The van der Waals surface area contributed by atoms with Gasteiger partial charge in [0, 0.05) is 26.2 Å². The van der Waals surface area contributed by atoms with Gasteiger partial charge in [-0.05, 0) is 38.5 Å². The molecule has 0 bridgehead atoms. The predicted molar refractivity (Wildman–Crippen MR) is 106 cm³/mol. The first kappa shape index (κ1) is 19.4. The molecule has 1 aromatic carbocycles. The van der Waals surface area contributed by atoms with Crippen molar-refractivity contribution in [2.75, 3.05) is 59.5 Å². The van der Waals surface area contributed by atoms with Crippen LogP contribution in [0.15, 0.2) is 30.3 Å². The van der Waals surface area contributed by atoms with Gasteiger partial charge in [0.1, 0.15) is 12.7 Å². The summed E-state index contributed by atoms with van der Waals surface area (Å²) in [5.74, 6) is 0.0697. The van der Waals surface area contributed by atoms with Crippen LogP contribution in [0.5, 0.6) is 0 Å². The highest BCUT2D eigenvalue weighted by Gasteiger charge is 2.49. The molecule has 3 aliphatic rings. The van der Waals surface area contributed by atoms with Crippen LogP contribution in [-0.2, 0) is 19.9 Å². The zero-order valence-electron chi connectivity index (χ0n) is 16.6. The molecule has 2 amide bonds. The minimum atomic E-state index is -0.543. The Morgan fingerprint density at radius 3 is 2.82 bits per heavy atom. The monoisotopic (exact) mass is 386 g/mol. The van der Waals surface area contributed by atoms with Gasteiger partial charge < -0.3 is 19.9 Å². The van der Waals surface area contributed by atoms with E-state index in [-0.39, 0.29) is 24.5 Å². The summed E-state index contributed by atoms with van der Waals surface area (Å²) in [4.78, 5) is 31.6. The van der Waals surface area contributed by atoms with Crippen LogP contribution in [0.4, 0.5) is 0 Å². The van der Waals surface area contributed by atoms with Crippen LogP contribution in [0.25, 0.3) is 0 Å². The van der Waals surface area contributed by atoms with Crippen molar-refractivity contribution >= 4 is 11.8 Å². The lowest BCUT2D eigenvalue weighted by atomic mass is 9.77. The number of benzene rings is 1. The Morgan fingerprint density at radius 2 is 2.00 bits per heavy atom. The molecule has 7 nitrogen and oxygen atoms in total. The Morgan fingerprint density at radius 1 is 1.18 bits per heavy atom. The number of carbonyl (C=O) groups is 2. The molecule has 0 saturated carbocycles. The van der Waals surface area contributed by atoms with E-state index in [0.717, 1.165) is 38.2 Å². The largest absolute Gasteiger partial charge is 0.364 e. The number of nitrogens with zero attached hydrogens (tertiary/aromatic N) is 3. The molecule has 2 atom stereocenters. The molecule has 1 aromatic rings. The van der Waals surface area contributed by atoms with E-state index in [1.54, 1.807) is 0 Å². The highest BCUT2D eigenvalue weighted by molar-refractivity contribution is 5.80. The standard InChI is InChI=1S/C21H30N4O3/c1-23-9-5-10-24(13-12-23)15-20(27)25-11-8-21(17-6-3-2-4-7-17)18(14-25)28-16-19(26)22-21/h2-4,6-7,18H,5,8-16H2,1H3,(H,22,26)/t18-,21+/m1/s1. The maximum atomic E-state index is 13.0. The number of likely N-dealkylation sites (N-methyl/N-ethyl adjacent to an activating group) is 1. The molecule has 0 radical (unpaired) electrons. The number of morpholine rings is 1. The molecule has 152 valence electrons. The molecule has 0 unspecified atom stereocenters. The Balaban J connectivity index is 1.44. The van der Waals surface area contributed by atoms with Crippen LogP contribution in [0.2, 0.25) is 0 Å². The van der Waals surface area contributed by atoms with Crippen molar-refractivity contribution in [2.24, 2.45) is 0 Å². The predicted octanol–water partition coefficient (Wildman–Crippen LogP) is 0.267. The third-order valence-electron chi connectivity index (χ3n) is 6.30. The molecule has 3 heterocycles. The zero-order valence-corrected chi connectivity index (χ0v) is 16.6. The second-order valence-corrected chi connectivity index (χ2v) is 8.21. The summed E-state index contributed by atoms with van der Waals surface area (Å²) >= 11 is 0. The smallest absolute Gasteiger partial charge is 0.246 e. The fraction of sp³-hybridized carbons (Fsp3) is 0.619. The van der Waals surface area contributed by atoms with Crippen molar-refractivity contribution in [3.8, 4) is 0 Å². The van der Waals surface area contributed by atoms with E-state index in [2.05, 4.69) is 22.2 Å². The normalized spacial score (nSPS) is 29.7. The maximum absolute atomic E-state index is 13.0. The molecular weight excluding hydrogens is 356 g/mol. The summed E-state index contributed by atoms with van der Waals surface area (Å²) in [6, 6.07) is 10.0. The van der Waals surface area contributed by atoms with Gasteiger partial charge in [0.2, 0.25) is 11.8 Å². The van der Waals surface area contributed by atoms with Gasteiger partial charge in [-0.25, -0.2) is 0 Å². The molecule has 3 aliphatic heterocycles. The van der Waals surface area contributed by atoms with E-state index >= 15 is 0 Å². The van der Waals surface area contributed by atoms with Crippen LogP contribution in [0, 0.1) is 0 Å². The quantitative estimate of drug-likeness (QED) is 0.808. The molecule has 28 heavy (non-hydrogen) atoms. The summed E-state index contributed by atoms with van der Waals surface area (Å²) in [6.45, 7) is 5.65. The van der Waals surface area contributed by atoms with Crippen LogP contribution in [-0.4, -0.2) is 92.1 Å². The highest BCUT2D eigenvalue weighted by Crippen LogP contribution is 2.37. The van der Waals surface area contributed by atoms with Gasteiger partial charge in [0.05, 0.1) is 12.1 Å². The average Bonchev–Trinajstić information content (AvgIpc) is 2.92.